The maximum Gasteiger partial charge on any atom is 0.255 e. The normalized spacial score (nSPS) is 19.1. The van der Waals surface area contributed by atoms with E-state index in [4.69, 9.17) is 0 Å². The number of hydrogen-bond donors (Lipinski definition) is 1. The molecule has 6 rings (SSSR count). The number of anilines is 1. The molecular formula is C25H22N6O4. The van der Waals surface area contributed by atoms with Crippen molar-refractivity contribution in [2.24, 2.45) is 0 Å². The van der Waals surface area contributed by atoms with Crippen LogP contribution in [0.15, 0.2) is 42.6 Å². The third kappa shape index (κ3) is 3.49. The first-order chi connectivity index (χ1) is 16.9. The number of carbonyl (C=O) groups excluding carboxylic acids is 4. The lowest BCUT2D eigenvalue weighted by Crippen LogP contribution is -2.52. The summed E-state index contributed by atoms with van der Waals surface area (Å²) in [6, 6.07) is 10.7. The molecule has 4 amide bonds. The number of nitrogens with zero attached hydrogens (tertiary/aromatic N) is 5. The Morgan fingerprint density at radius 2 is 1.91 bits per heavy atom. The predicted octanol–water partition coefficient (Wildman–Crippen LogP) is 1.60. The summed E-state index contributed by atoms with van der Waals surface area (Å²) in [6.45, 7) is 2.56. The summed E-state index contributed by atoms with van der Waals surface area (Å²) in [4.78, 5) is 51.8. The molecule has 1 atom stereocenters. The van der Waals surface area contributed by atoms with E-state index in [9.17, 15) is 19.2 Å². The molecule has 2 aromatic carbocycles. The third-order valence-corrected chi connectivity index (χ3v) is 6.92. The molecule has 1 fully saturated rings. The van der Waals surface area contributed by atoms with Gasteiger partial charge in [0, 0.05) is 43.2 Å². The van der Waals surface area contributed by atoms with Gasteiger partial charge in [-0.05, 0) is 54.3 Å². The fourth-order valence-electron chi connectivity index (χ4n) is 5.11. The van der Waals surface area contributed by atoms with Gasteiger partial charge in [0.1, 0.15) is 11.7 Å². The van der Waals surface area contributed by atoms with Gasteiger partial charge in [0.2, 0.25) is 17.7 Å². The zero-order valence-electron chi connectivity index (χ0n) is 19.0. The standard InChI is InChI=1S/C25H22N6O4/c1-14(32)29-9-8-16-10-15(2-5-21(16)29)20-13-31(28-27-20)18-3-4-19-17(11-18)12-30(25(19)35)22-6-7-23(33)26-24(22)34/h2-5,10-11,13,22H,6-9,12H2,1H3,(H,26,33,34). The number of hydrogen-bond acceptors (Lipinski definition) is 6. The van der Waals surface area contributed by atoms with Gasteiger partial charge in [-0.3, -0.25) is 24.5 Å². The first-order valence-corrected chi connectivity index (χ1v) is 11.5. The van der Waals surface area contributed by atoms with Crippen molar-refractivity contribution in [3.63, 3.8) is 0 Å². The predicted molar refractivity (Wildman–Crippen MR) is 125 cm³/mol. The van der Waals surface area contributed by atoms with Gasteiger partial charge < -0.3 is 9.80 Å². The second-order valence-corrected chi connectivity index (χ2v) is 9.05. The topological polar surface area (TPSA) is 118 Å². The molecule has 0 saturated carbocycles. The number of imide groups is 1. The lowest BCUT2D eigenvalue weighted by Gasteiger charge is -2.29. The highest BCUT2D eigenvalue weighted by atomic mass is 16.2. The molecule has 3 aliphatic rings. The maximum atomic E-state index is 12.9. The van der Waals surface area contributed by atoms with Crippen molar-refractivity contribution in [2.45, 2.75) is 38.8 Å². The summed E-state index contributed by atoms with van der Waals surface area (Å²) in [5.74, 6) is -0.907. The second-order valence-electron chi connectivity index (χ2n) is 9.05. The van der Waals surface area contributed by atoms with Gasteiger partial charge in [-0.1, -0.05) is 11.3 Å². The molecule has 0 bridgehead atoms. The van der Waals surface area contributed by atoms with E-state index in [0.29, 0.717) is 30.8 Å². The van der Waals surface area contributed by atoms with E-state index >= 15 is 0 Å². The smallest absolute Gasteiger partial charge is 0.255 e. The van der Waals surface area contributed by atoms with Gasteiger partial charge in [0.25, 0.3) is 5.91 Å². The Morgan fingerprint density at radius 3 is 2.71 bits per heavy atom. The molecule has 0 radical (unpaired) electrons. The van der Waals surface area contributed by atoms with Crippen molar-refractivity contribution in [3.05, 3.63) is 59.3 Å². The maximum absolute atomic E-state index is 12.9. The van der Waals surface area contributed by atoms with Gasteiger partial charge in [-0.15, -0.1) is 5.10 Å². The zero-order chi connectivity index (χ0) is 24.3. The van der Waals surface area contributed by atoms with Crippen molar-refractivity contribution in [3.8, 4) is 16.9 Å². The number of benzene rings is 2. The Kier molecular flexibility index (Phi) is 4.77. The fraction of sp³-hybridized carbons (Fsp3) is 0.280. The van der Waals surface area contributed by atoms with E-state index < -0.39 is 11.9 Å². The quantitative estimate of drug-likeness (QED) is 0.581. The average Bonchev–Trinajstić information content (AvgIpc) is 3.56. The molecule has 0 spiro atoms. The average molecular weight is 470 g/mol. The number of aromatic nitrogens is 3. The highest BCUT2D eigenvalue weighted by molar-refractivity contribution is 6.05. The lowest BCUT2D eigenvalue weighted by atomic mass is 10.0. The molecule has 1 aromatic heterocycles. The van der Waals surface area contributed by atoms with Crippen LogP contribution in [0, 0.1) is 0 Å². The third-order valence-electron chi connectivity index (χ3n) is 6.92. The molecule has 4 heterocycles. The molecule has 10 nitrogen and oxygen atoms in total. The number of carbonyl (C=O) groups is 4. The highest BCUT2D eigenvalue weighted by Gasteiger charge is 2.39. The molecule has 1 saturated heterocycles. The summed E-state index contributed by atoms with van der Waals surface area (Å²) in [5.41, 5.74) is 5.78. The van der Waals surface area contributed by atoms with E-state index in [0.717, 1.165) is 34.5 Å². The van der Waals surface area contributed by atoms with Crippen molar-refractivity contribution < 1.29 is 19.2 Å². The molecule has 176 valence electrons. The minimum Gasteiger partial charge on any atom is -0.322 e. The van der Waals surface area contributed by atoms with E-state index in [1.165, 1.54) is 4.90 Å². The Labute approximate surface area is 200 Å². The molecule has 0 aliphatic carbocycles. The largest absolute Gasteiger partial charge is 0.322 e. The Morgan fingerprint density at radius 1 is 1.06 bits per heavy atom. The summed E-state index contributed by atoms with van der Waals surface area (Å²) in [7, 11) is 0. The summed E-state index contributed by atoms with van der Waals surface area (Å²) >= 11 is 0. The first kappa shape index (κ1) is 21.2. The van der Waals surface area contributed by atoms with Crippen LogP contribution < -0.4 is 10.2 Å². The van der Waals surface area contributed by atoms with E-state index in [1.807, 2.05) is 30.5 Å². The van der Waals surface area contributed by atoms with Crippen LogP contribution in [0.1, 0.15) is 41.3 Å². The van der Waals surface area contributed by atoms with E-state index in [1.54, 1.807) is 28.6 Å². The minimum atomic E-state index is -0.646. The lowest BCUT2D eigenvalue weighted by molar-refractivity contribution is -0.137. The summed E-state index contributed by atoms with van der Waals surface area (Å²) < 4.78 is 1.66. The molecule has 35 heavy (non-hydrogen) atoms. The van der Waals surface area contributed by atoms with Crippen LogP contribution in [0.2, 0.25) is 0 Å². The minimum absolute atomic E-state index is 0.0358. The number of amides is 4. The van der Waals surface area contributed by atoms with E-state index in [2.05, 4.69) is 15.6 Å². The van der Waals surface area contributed by atoms with Gasteiger partial charge in [0.15, 0.2) is 0 Å². The zero-order valence-corrected chi connectivity index (χ0v) is 19.0. The molecule has 1 N–H and O–H groups in total. The monoisotopic (exact) mass is 470 g/mol. The molecule has 10 heteroatoms. The van der Waals surface area contributed by atoms with Gasteiger partial charge >= 0.3 is 0 Å². The molecular weight excluding hydrogens is 448 g/mol. The number of fused-ring (bicyclic) bond motifs is 2. The van der Waals surface area contributed by atoms with Crippen LogP contribution in [0.25, 0.3) is 16.9 Å². The molecule has 1 unspecified atom stereocenters. The van der Waals surface area contributed by atoms with Crippen molar-refractivity contribution in [2.75, 3.05) is 11.4 Å². The van der Waals surface area contributed by atoms with Crippen LogP contribution >= 0.6 is 0 Å². The van der Waals surface area contributed by atoms with Crippen LogP contribution in [0.5, 0.6) is 0 Å². The van der Waals surface area contributed by atoms with Gasteiger partial charge in [-0.25, -0.2) is 4.68 Å². The second kappa shape index (κ2) is 7.86. The summed E-state index contributed by atoms with van der Waals surface area (Å²) in [6.07, 6.45) is 3.18. The van der Waals surface area contributed by atoms with Gasteiger partial charge in [0.05, 0.1) is 11.9 Å². The summed E-state index contributed by atoms with van der Waals surface area (Å²) in [5, 5.41) is 10.9. The highest BCUT2D eigenvalue weighted by Crippen LogP contribution is 2.33. The van der Waals surface area contributed by atoms with Crippen LogP contribution in [0.4, 0.5) is 5.69 Å². The van der Waals surface area contributed by atoms with Crippen molar-refractivity contribution in [1.29, 1.82) is 0 Å². The first-order valence-electron chi connectivity index (χ1n) is 11.5. The SMILES string of the molecule is CC(=O)N1CCc2cc(-c3cn(-c4ccc5c(c4)CN(C4CCC(=O)NC4=O)C5=O)nn3)ccc21. The van der Waals surface area contributed by atoms with Crippen LogP contribution in [-0.4, -0.2) is 56.1 Å². The number of rotatable bonds is 3. The Hall–Kier alpha value is -4.34. The van der Waals surface area contributed by atoms with E-state index in [-0.39, 0.29) is 24.1 Å². The van der Waals surface area contributed by atoms with Gasteiger partial charge in [-0.2, -0.15) is 0 Å². The Balaban J connectivity index is 1.24. The fourth-order valence-corrected chi connectivity index (χ4v) is 5.11. The number of piperidine rings is 1. The molecule has 3 aromatic rings. The Bertz CT molecular complexity index is 1430. The number of nitrogens with one attached hydrogen (secondary N) is 1. The van der Waals surface area contributed by atoms with Crippen LogP contribution in [0.3, 0.4) is 0 Å². The molecule has 3 aliphatic heterocycles. The van der Waals surface area contributed by atoms with Crippen LogP contribution in [-0.2, 0) is 27.3 Å². The van der Waals surface area contributed by atoms with Crippen molar-refractivity contribution >= 4 is 29.3 Å². The van der Waals surface area contributed by atoms with Crippen molar-refractivity contribution in [1.82, 2.24) is 25.2 Å².